The van der Waals surface area contributed by atoms with E-state index in [-0.39, 0.29) is 24.1 Å². The lowest BCUT2D eigenvalue weighted by Crippen LogP contribution is -2.45. The first kappa shape index (κ1) is 22.7. The highest BCUT2D eigenvalue weighted by Gasteiger charge is 2.32. The summed E-state index contributed by atoms with van der Waals surface area (Å²) >= 11 is 0. The number of alkyl halides is 3. The van der Waals surface area contributed by atoms with Gasteiger partial charge in [-0.1, -0.05) is 0 Å². The van der Waals surface area contributed by atoms with Crippen molar-refractivity contribution in [1.82, 2.24) is 15.5 Å². The SMILES string of the molecule is CN=C(NCc1cc(C(F)(F)F)ccc1N1CCN(C)CC1)NC1CCS(=O)(=O)C1. The van der Waals surface area contributed by atoms with Gasteiger partial charge in [0.15, 0.2) is 15.8 Å². The van der Waals surface area contributed by atoms with Gasteiger partial charge in [-0.05, 0) is 37.2 Å². The summed E-state index contributed by atoms with van der Waals surface area (Å²) in [7, 11) is 0.522. The number of sulfone groups is 1. The predicted molar refractivity (Wildman–Crippen MR) is 112 cm³/mol. The molecule has 30 heavy (non-hydrogen) atoms. The second-order valence-corrected chi connectivity index (χ2v) is 10.0. The van der Waals surface area contributed by atoms with Gasteiger partial charge in [0, 0.05) is 51.5 Å². The topological polar surface area (TPSA) is 77.0 Å². The van der Waals surface area contributed by atoms with Gasteiger partial charge in [0.25, 0.3) is 0 Å². The van der Waals surface area contributed by atoms with Crippen LogP contribution in [-0.4, -0.2) is 77.1 Å². The Morgan fingerprint density at radius 2 is 1.93 bits per heavy atom. The van der Waals surface area contributed by atoms with E-state index in [4.69, 9.17) is 0 Å². The minimum atomic E-state index is -4.42. The molecule has 168 valence electrons. The molecule has 1 unspecified atom stereocenters. The molecule has 11 heteroatoms. The first-order valence-corrected chi connectivity index (χ1v) is 11.7. The Hall–Kier alpha value is -2.01. The summed E-state index contributed by atoms with van der Waals surface area (Å²) in [5.74, 6) is 0.533. The molecule has 0 spiro atoms. The average molecular weight is 448 g/mol. The molecule has 0 saturated carbocycles. The standard InChI is InChI=1S/C19H28F3N5O2S/c1-23-18(25-16-5-10-30(28,29)13-16)24-12-14-11-15(19(20,21)22)3-4-17(14)27-8-6-26(2)7-9-27/h3-4,11,16H,5-10,12-13H2,1-2H3,(H2,23,24,25). The zero-order valence-corrected chi connectivity index (χ0v) is 18.0. The highest BCUT2D eigenvalue weighted by Crippen LogP contribution is 2.33. The molecule has 2 heterocycles. The number of guanidine groups is 1. The summed E-state index contributed by atoms with van der Waals surface area (Å²) in [4.78, 5) is 8.37. The van der Waals surface area contributed by atoms with E-state index in [2.05, 4.69) is 25.4 Å². The third-order valence-electron chi connectivity index (χ3n) is 5.49. The third-order valence-corrected chi connectivity index (χ3v) is 7.26. The van der Waals surface area contributed by atoms with Gasteiger partial charge in [0.1, 0.15) is 0 Å². The van der Waals surface area contributed by atoms with Crippen LogP contribution in [0, 0.1) is 0 Å². The maximum absolute atomic E-state index is 13.3. The quantitative estimate of drug-likeness (QED) is 0.536. The predicted octanol–water partition coefficient (Wildman–Crippen LogP) is 1.31. The number of rotatable bonds is 4. The van der Waals surface area contributed by atoms with Gasteiger partial charge >= 0.3 is 6.18 Å². The average Bonchev–Trinajstić information content (AvgIpc) is 3.03. The Morgan fingerprint density at radius 1 is 1.23 bits per heavy atom. The van der Waals surface area contributed by atoms with Crippen molar-refractivity contribution in [3.8, 4) is 0 Å². The Labute approximate surface area is 175 Å². The molecule has 0 bridgehead atoms. The number of benzene rings is 1. The number of piperazine rings is 1. The number of hydrogen-bond acceptors (Lipinski definition) is 5. The summed E-state index contributed by atoms with van der Waals surface area (Å²) in [5, 5.41) is 6.10. The van der Waals surface area contributed by atoms with E-state index in [9.17, 15) is 21.6 Å². The highest BCUT2D eigenvalue weighted by atomic mass is 32.2. The third kappa shape index (κ3) is 5.78. The van der Waals surface area contributed by atoms with Crippen LogP contribution in [0.25, 0.3) is 0 Å². The van der Waals surface area contributed by atoms with Gasteiger partial charge in [-0.2, -0.15) is 13.2 Å². The summed E-state index contributed by atoms with van der Waals surface area (Å²) in [6.07, 6.45) is -3.94. The van der Waals surface area contributed by atoms with Crippen LogP contribution in [0.2, 0.25) is 0 Å². The van der Waals surface area contributed by atoms with E-state index in [0.717, 1.165) is 37.9 Å². The fraction of sp³-hybridized carbons (Fsp3) is 0.632. The van der Waals surface area contributed by atoms with Crippen LogP contribution in [0.15, 0.2) is 23.2 Å². The molecule has 7 nitrogen and oxygen atoms in total. The van der Waals surface area contributed by atoms with Gasteiger partial charge in [-0.25, -0.2) is 8.42 Å². The van der Waals surface area contributed by atoms with E-state index in [0.29, 0.717) is 17.9 Å². The Kier molecular flexibility index (Phi) is 6.81. The van der Waals surface area contributed by atoms with Crippen LogP contribution in [0.3, 0.4) is 0 Å². The van der Waals surface area contributed by atoms with Crippen molar-refractivity contribution in [3.63, 3.8) is 0 Å². The number of likely N-dealkylation sites (N-methyl/N-ethyl adjacent to an activating group) is 1. The summed E-state index contributed by atoms with van der Waals surface area (Å²) in [6.45, 7) is 3.30. The van der Waals surface area contributed by atoms with Crippen molar-refractivity contribution >= 4 is 21.5 Å². The molecule has 0 amide bonds. The molecule has 2 saturated heterocycles. The fourth-order valence-electron chi connectivity index (χ4n) is 3.74. The normalized spacial score (nSPS) is 22.9. The van der Waals surface area contributed by atoms with E-state index >= 15 is 0 Å². The lowest BCUT2D eigenvalue weighted by molar-refractivity contribution is -0.137. The van der Waals surface area contributed by atoms with Crippen molar-refractivity contribution in [2.24, 2.45) is 4.99 Å². The molecule has 2 aliphatic heterocycles. The lowest BCUT2D eigenvalue weighted by atomic mass is 10.1. The van der Waals surface area contributed by atoms with Crippen LogP contribution < -0.4 is 15.5 Å². The van der Waals surface area contributed by atoms with Crippen LogP contribution in [0.4, 0.5) is 18.9 Å². The molecular weight excluding hydrogens is 419 g/mol. The van der Waals surface area contributed by atoms with Gasteiger partial charge < -0.3 is 20.4 Å². The number of hydrogen-bond donors (Lipinski definition) is 2. The van der Waals surface area contributed by atoms with Crippen molar-refractivity contribution in [3.05, 3.63) is 29.3 Å². The van der Waals surface area contributed by atoms with E-state index in [1.54, 1.807) is 7.05 Å². The molecule has 2 N–H and O–H groups in total. The Balaban J connectivity index is 1.75. The fourth-order valence-corrected chi connectivity index (χ4v) is 5.41. The second kappa shape index (κ2) is 9.01. The van der Waals surface area contributed by atoms with E-state index < -0.39 is 21.6 Å². The molecule has 0 aliphatic carbocycles. The Morgan fingerprint density at radius 3 is 2.50 bits per heavy atom. The van der Waals surface area contributed by atoms with Gasteiger partial charge in [0.2, 0.25) is 0 Å². The van der Waals surface area contributed by atoms with E-state index in [1.165, 1.54) is 12.1 Å². The number of nitrogens with zero attached hydrogens (tertiary/aromatic N) is 3. The van der Waals surface area contributed by atoms with Crippen LogP contribution in [0.1, 0.15) is 17.5 Å². The first-order valence-electron chi connectivity index (χ1n) is 9.88. The monoisotopic (exact) mass is 447 g/mol. The Bertz CT molecular complexity index is 881. The summed E-state index contributed by atoms with van der Waals surface area (Å²) in [5.41, 5.74) is 0.598. The van der Waals surface area contributed by atoms with Crippen LogP contribution in [-0.2, 0) is 22.6 Å². The zero-order valence-electron chi connectivity index (χ0n) is 17.2. The zero-order chi connectivity index (χ0) is 21.9. The maximum atomic E-state index is 13.3. The molecule has 2 fully saturated rings. The van der Waals surface area contributed by atoms with Crippen molar-refractivity contribution in [2.75, 3.05) is 56.7 Å². The van der Waals surface area contributed by atoms with Gasteiger partial charge in [0.05, 0.1) is 17.1 Å². The molecular formula is C19H28F3N5O2S. The van der Waals surface area contributed by atoms with Gasteiger partial charge in [-0.3, -0.25) is 4.99 Å². The van der Waals surface area contributed by atoms with Crippen LogP contribution >= 0.6 is 0 Å². The van der Waals surface area contributed by atoms with Crippen molar-refractivity contribution < 1.29 is 21.6 Å². The smallest absolute Gasteiger partial charge is 0.369 e. The number of anilines is 1. The minimum absolute atomic E-state index is 0.0316. The summed E-state index contributed by atoms with van der Waals surface area (Å²) in [6, 6.07) is 3.58. The molecule has 1 aromatic rings. The van der Waals surface area contributed by atoms with Crippen LogP contribution in [0.5, 0.6) is 0 Å². The molecule has 0 aromatic heterocycles. The van der Waals surface area contributed by atoms with E-state index in [1.807, 2.05) is 7.05 Å². The number of halogens is 3. The largest absolute Gasteiger partial charge is 0.416 e. The molecule has 3 rings (SSSR count). The second-order valence-electron chi connectivity index (χ2n) is 7.80. The van der Waals surface area contributed by atoms with Gasteiger partial charge in [-0.15, -0.1) is 0 Å². The van der Waals surface area contributed by atoms with Crippen molar-refractivity contribution in [1.29, 1.82) is 0 Å². The molecule has 0 radical (unpaired) electrons. The molecule has 1 aromatic carbocycles. The first-order chi connectivity index (χ1) is 14.1. The summed E-state index contributed by atoms with van der Waals surface area (Å²) < 4.78 is 63.1. The minimum Gasteiger partial charge on any atom is -0.369 e. The number of nitrogens with one attached hydrogen (secondary N) is 2. The molecule has 1 atom stereocenters. The lowest BCUT2D eigenvalue weighted by Gasteiger charge is -2.35. The van der Waals surface area contributed by atoms with Crippen molar-refractivity contribution in [2.45, 2.75) is 25.2 Å². The number of aliphatic imine (C=N–C) groups is 1. The highest BCUT2D eigenvalue weighted by molar-refractivity contribution is 7.91. The molecule has 2 aliphatic rings. The maximum Gasteiger partial charge on any atom is 0.416 e.